The van der Waals surface area contributed by atoms with Crippen molar-refractivity contribution in [2.75, 3.05) is 6.54 Å². The summed E-state index contributed by atoms with van der Waals surface area (Å²) in [7, 11) is -3.81. The Morgan fingerprint density at radius 1 is 1.04 bits per heavy atom. The van der Waals surface area contributed by atoms with Crippen LogP contribution in [0.1, 0.15) is 11.7 Å². The summed E-state index contributed by atoms with van der Waals surface area (Å²) in [5.74, 6) is 0. The van der Waals surface area contributed by atoms with E-state index in [9.17, 15) is 13.5 Å². The largest absolute Gasteiger partial charge is 0.387 e. The predicted octanol–water partition coefficient (Wildman–Crippen LogP) is 4.27. The lowest BCUT2D eigenvalue weighted by molar-refractivity contribution is 0.183. The second kappa shape index (κ2) is 7.43. The summed E-state index contributed by atoms with van der Waals surface area (Å²) in [6.07, 6.45) is -0.973. The van der Waals surface area contributed by atoms with Gasteiger partial charge in [0.25, 0.3) is 0 Å². The van der Waals surface area contributed by atoms with Crippen LogP contribution in [-0.4, -0.2) is 20.1 Å². The zero-order chi connectivity index (χ0) is 18.0. The average Bonchev–Trinajstić information content (AvgIpc) is 2.61. The molecule has 0 aliphatic carbocycles. The number of nitrogens with one attached hydrogen (secondary N) is 1. The second-order valence-electron chi connectivity index (χ2n) is 5.49. The van der Waals surface area contributed by atoms with E-state index in [4.69, 9.17) is 11.6 Å². The highest BCUT2D eigenvalue weighted by Crippen LogP contribution is 2.30. The van der Waals surface area contributed by atoms with E-state index in [-0.39, 0.29) is 11.4 Å². The molecule has 0 saturated heterocycles. The molecule has 0 spiro atoms. The molecule has 130 valence electrons. The molecule has 4 nitrogen and oxygen atoms in total. The first-order valence-electron chi connectivity index (χ1n) is 7.49. The fourth-order valence-corrected chi connectivity index (χ4v) is 4.88. The summed E-state index contributed by atoms with van der Waals surface area (Å²) in [5, 5.41) is 12.7. The highest BCUT2D eigenvalue weighted by molar-refractivity contribution is 9.10. The molecule has 0 bridgehead atoms. The van der Waals surface area contributed by atoms with Crippen molar-refractivity contribution in [3.63, 3.8) is 0 Å². The van der Waals surface area contributed by atoms with Gasteiger partial charge in [0.2, 0.25) is 10.0 Å². The van der Waals surface area contributed by atoms with Gasteiger partial charge in [-0.25, -0.2) is 13.1 Å². The van der Waals surface area contributed by atoms with Gasteiger partial charge in [-0.15, -0.1) is 0 Å². The van der Waals surface area contributed by atoms with Crippen molar-refractivity contribution in [2.45, 2.75) is 11.0 Å². The number of aliphatic hydroxyl groups excluding tert-OH is 1. The summed E-state index contributed by atoms with van der Waals surface area (Å²) in [6.45, 7) is -0.144. The van der Waals surface area contributed by atoms with Gasteiger partial charge in [-0.05, 0) is 44.4 Å². The summed E-state index contributed by atoms with van der Waals surface area (Å²) in [4.78, 5) is 0.0325. The van der Waals surface area contributed by atoms with Crippen molar-refractivity contribution in [3.8, 4) is 0 Å². The Labute approximate surface area is 159 Å². The zero-order valence-electron chi connectivity index (χ0n) is 13.0. The molecule has 0 radical (unpaired) electrons. The van der Waals surface area contributed by atoms with Gasteiger partial charge >= 0.3 is 0 Å². The van der Waals surface area contributed by atoms with Gasteiger partial charge < -0.3 is 5.11 Å². The molecule has 0 fully saturated rings. The van der Waals surface area contributed by atoms with Gasteiger partial charge in [0, 0.05) is 6.54 Å². The van der Waals surface area contributed by atoms with Crippen LogP contribution < -0.4 is 4.72 Å². The van der Waals surface area contributed by atoms with Crippen LogP contribution in [0.4, 0.5) is 0 Å². The Morgan fingerprint density at radius 3 is 2.52 bits per heavy atom. The van der Waals surface area contributed by atoms with Crippen molar-refractivity contribution in [1.29, 1.82) is 0 Å². The average molecular weight is 441 g/mol. The minimum absolute atomic E-state index is 0.0325. The molecule has 3 rings (SSSR count). The number of halogens is 2. The molecule has 3 aromatic carbocycles. The molecule has 7 heteroatoms. The first-order valence-corrected chi connectivity index (χ1v) is 10.1. The fourth-order valence-electron chi connectivity index (χ4n) is 2.61. The summed E-state index contributed by atoms with van der Waals surface area (Å²) >= 11 is 9.14. The Balaban J connectivity index is 1.84. The molecule has 2 N–H and O–H groups in total. The standard InChI is InChI=1S/C18H15BrClNO3S/c19-18-15(20)9-4-10-17(18)25(23,24)21-11-16(22)14-8-3-6-12-5-1-2-7-13(12)14/h1-10,16,21-22H,11H2. The van der Waals surface area contributed by atoms with Crippen LogP contribution in [0.3, 0.4) is 0 Å². The third-order valence-corrected chi connectivity index (χ3v) is 6.98. The molecule has 0 saturated carbocycles. The van der Waals surface area contributed by atoms with Gasteiger partial charge in [0.05, 0.1) is 20.5 Å². The van der Waals surface area contributed by atoms with Crippen molar-refractivity contribution in [2.24, 2.45) is 0 Å². The van der Waals surface area contributed by atoms with Crippen LogP contribution in [0, 0.1) is 0 Å². The lowest BCUT2D eigenvalue weighted by Gasteiger charge is -2.15. The number of rotatable bonds is 5. The number of aliphatic hydroxyl groups is 1. The quantitative estimate of drug-likeness (QED) is 0.623. The Kier molecular flexibility index (Phi) is 5.46. The maximum Gasteiger partial charge on any atom is 0.241 e. The smallest absolute Gasteiger partial charge is 0.241 e. The molecule has 0 aliphatic heterocycles. The number of hydrogen-bond acceptors (Lipinski definition) is 3. The molecule has 0 heterocycles. The van der Waals surface area contributed by atoms with E-state index in [1.54, 1.807) is 18.2 Å². The third kappa shape index (κ3) is 3.88. The molecule has 0 amide bonds. The van der Waals surface area contributed by atoms with E-state index < -0.39 is 16.1 Å². The van der Waals surface area contributed by atoms with Crippen LogP contribution in [0.25, 0.3) is 10.8 Å². The normalized spacial score (nSPS) is 13.1. The molecule has 0 aliphatic rings. The maximum absolute atomic E-state index is 12.5. The first kappa shape index (κ1) is 18.4. The predicted molar refractivity (Wildman–Crippen MR) is 103 cm³/mol. The number of fused-ring (bicyclic) bond motifs is 1. The second-order valence-corrected chi connectivity index (χ2v) is 8.42. The van der Waals surface area contributed by atoms with Crippen LogP contribution in [-0.2, 0) is 10.0 Å². The van der Waals surface area contributed by atoms with Gasteiger partial charge in [0.15, 0.2) is 0 Å². The van der Waals surface area contributed by atoms with Crippen molar-refractivity contribution in [1.82, 2.24) is 4.72 Å². The highest BCUT2D eigenvalue weighted by atomic mass is 79.9. The molecular formula is C18H15BrClNO3S. The van der Waals surface area contributed by atoms with E-state index in [0.29, 0.717) is 15.1 Å². The molecule has 3 aromatic rings. The molecular weight excluding hydrogens is 426 g/mol. The van der Waals surface area contributed by atoms with Crippen LogP contribution in [0.15, 0.2) is 70.0 Å². The number of hydrogen-bond donors (Lipinski definition) is 2. The fraction of sp³-hybridized carbons (Fsp3) is 0.111. The maximum atomic E-state index is 12.5. The van der Waals surface area contributed by atoms with E-state index in [2.05, 4.69) is 20.7 Å². The molecule has 1 atom stereocenters. The first-order chi connectivity index (χ1) is 11.9. The summed E-state index contributed by atoms with van der Waals surface area (Å²) in [5.41, 5.74) is 0.672. The number of sulfonamides is 1. The van der Waals surface area contributed by atoms with Gasteiger partial charge in [-0.2, -0.15) is 0 Å². The third-order valence-electron chi connectivity index (χ3n) is 3.85. The summed E-state index contributed by atoms with van der Waals surface area (Å²) < 4.78 is 27.7. The van der Waals surface area contributed by atoms with Crippen molar-refractivity contribution in [3.05, 3.63) is 75.7 Å². The van der Waals surface area contributed by atoms with Gasteiger partial charge in [0.1, 0.15) is 0 Å². The lowest BCUT2D eigenvalue weighted by atomic mass is 10.0. The lowest BCUT2D eigenvalue weighted by Crippen LogP contribution is -2.29. The Morgan fingerprint density at radius 2 is 1.72 bits per heavy atom. The van der Waals surface area contributed by atoms with Crippen molar-refractivity contribution >= 4 is 48.3 Å². The monoisotopic (exact) mass is 439 g/mol. The van der Waals surface area contributed by atoms with E-state index >= 15 is 0 Å². The zero-order valence-corrected chi connectivity index (χ0v) is 16.1. The highest BCUT2D eigenvalue weighted by Gasteiger charge is 2.21. The number of benzene rings is 3. The minimum atomic E-state index is -3.81. The Hall–Kier alpha value is -1.44. The van der Waals surface area contributed by atoms with Crippen LogP contribution >= 0.6 is 27.5 Å². The van der Waals surface area contributed by atoms with Gasteiger partial charge in [-0.3, -0.25) is 0 Å². The van der Waals surface area contributed by atoms with Crippen molar-refractivity contribution < 1.29 is 13.5 Å². The molecule has 1 unspecified atom stereocenters. The summed E-state index contributed by atoms with van der Waals surface area (Å²) in [6, 6.07) is 17.8. The van der Waals surface area contributed by atoms with Crippen LogP contribution in [0.5, 0.6) is 0 Å². The minimum Gasteiger partial charge on any atom is -0.387 e. The Bertz CT molecular complexity index is 1020. The van der Waals surface area contributed by atoms with E-state index in [1.807, 2.05) is 36.4 Å². The van der Waals surface area contributed by atoms with Gasteiger partial charge in [-0.1, -0.05) is 60.1 Å². The van der Waals surface area contributed by atoms with E-state index in [0.717, 1.165) is 10.8 Å². The molecule has 0 aromatic heterocycles. The van der Waals surface area contributed by atoms with Crippen LogP contribution in [0.2, 0.25) is 5.02 Å². The topological polar surface area (TPSA) is 66.4 Å². The van der Waals surface area contributed by atoms with E-state index in [1.165, 1.54) is 6.07 Å². The molecule has 25 heavy (non-hydrogen) atoms. The SMILES string of the molecule is O=S(=O)(NCC(O)c1cccc2ccccc12)c1cccc(Cl)c1Br.